The smallest absolute Gasteiger partial charge is 0.237 e. The zero-order chi connectivity index (χ0) is 10.4. The van der Waals surface area contributed by atoms with E-state index in [4.69, 9.17) is 4.74 Å². The summed E-state index contributed by atoms with van der Waals surface area (Å²) in [5.41, 5.74) is 0. The molecule has 1 fully saturated rings. The highest BCUT2D eigenvalue weighted by atomic mass is 16.5. The van der Waals surface area contributed by atoms with Gasteiger partial charge in [-0.2, -0.15) is 0 Å². The van der Waals surface area contributed by atoms with Gasteiger partial charge in [-0.3, -0.25) is 4.79 Å². The predicted molar refractivity (Wildman–Crippen MR) is 55.1 cm³/mol. The van der Waals surface area contributed by atoms with Gasteiger partial charge in [0.1, 0.15) is 0 Å². The van der Waals surface area contributed by atoms with Gasteiger partial charge < -0.3 is 15.4 Å². The quantitative estimate of drug-likeness (QED) is 0.663. The average molecular weight is 200 g/mol. The highest BCUT2D eigenvalue weighted by Gasteiger charge is 2.21. The van der Waals surface area contributed by atoms with E-state index in [0.717, 1.165) is 32.5 Å². The van der Waals surface area contributed by atoms with Gasteiger partial charge in [-0.15, -0.1) is 0 Å². The Hall–Kier alpha value is -0.610. The van der Waals surface area contributed by atoms with Crippen LogP contribution in [0.4, 0.5) is 0 Å². The van der Waals surface area contributed by atoms with Crippen molar-refractivity contribution >= 4 is 5.91 Å². The number of rotatable bonds is 5. The van der Waals surface area contributed by atoms with Gasteiger partial charge in [0.25, 0.3) is 0 Å². The molecule has 0 aromatic heterocycles. The van der Waals surface area contributed by atoms with Crippen molar-refractivity contribution in [2.75, 3.05) is 26.8 Å². The molecule has 4 nitrogen and oxygen atoms in total. The summed E-state index contributed by atoms with van der Waals surface area (Å²) in [6.45, 7) is 4.51. The lowest BCUT2D eigenvalue weighted by molar-refractivity contribution is -0.124. The highest BCUT2D eigenvalue weighted by Crippen LogP contribution is 2.03. The van der Waals surface area contributed by atoms with E-state index in [1.54, 1.807) is 7.11 Å². The van der Waals surface area contributed by atoms with Crippen molar-refractivity contribution in [1.29, 1.82) is 0 Å². The Morgan fingerprint density at radius 3 is 3.14 bits per heavy atom. The molecule has 1 rings (SSSR count). The third-order valence-corrected chi connectivity index (χ3v) is 2.45. The van der Waals surface area contributed by atoms with Crippen molar-refractivity contribution < 1.29 is 9.53 Å². The Balaban J connectivity index is 2.19. The number of nitrogens with one attached hydrogen (secondary N) is 2. The highest BCUT2D eigenvalue weighted by molar-refractivity contribution is 5.82. The minimum Gasteiger partial charge on any atom is -0.384 e. The molecule has 0 aliphatic carbocycles. The molecule has 2 unspecified atom stereocenters. The Bertz CT molecular complexity index is 185. The van der Waals surface area contributed by atoms with E-state index in [0.29, 0.717) is 5.92 Å². The van der Waals surface area contributed by atoms with E-state index in [1.165, 1.54) is 0 Å². The van der Waals surface area contributed by atoms with Crippen LogP contribution in [0.2, 0.25) is 0 Å². The van der Waals surface area contributed by atoms with Gasteiger partial charge in [0.05, 0.1) is 6.04 Å². The van der Waals surface area contributed by atoms with Gasteiger partial charge in [-0.1, -0.05) is 6.92 Å². The van der Waals surface area contributed by atoms with E-state index in [1.807, 2.05) is 0 Å². The maximum atomic E-state index is 11.4. The second kappa shape index (κ2) is 5.98. The summed E-state index contributed by atoms with van der Waals surface area (Å²) in [4.78, 5) is 11.4. The van der Waals surface area contributed by atoms with Crippen molar-refractivity contribution in [2.24, 2.45) is 5.92 Å². The van der Waals surface area contributed by atoms with Crippen molar-refractivity contribution in [3.63, 3.8) is 0 Å². The first-order valence-electron chi connectivity index (χ1n) is 5.24. The molecule has 2 atom stereocenters. The Morgan fingerprint density at radius 2 is 2.50 bits per heavy atom. The molecular formula is C10H20N2O2. The molecule has 82 valence electrons. The SMILES string of the molecule is COCC(C)CNC1CCCNC1=O. The lowest BCUT2D eigenvalue weighted by Crippen LogP contribution is -2.49. The largest absolute Gasteiger partial charge is 0.384 e. The van der Waals surface area contributed by atoms with E-state index in [2.05, 4.69) is 17.6 Å². The Morgan fingerprint density at radius 1 is 1.71 bits per heavy atom. The van der Waals surface area contributed by atoms with Crippen LogP contribution in [0, 0.1) is 5.92 Å². The van der Waals surface area contributed by atoms with E-state index in [9.17, 15) is 4.79 Å². The lowest BCUT2D eigenvalue weighted by Gasteiger charge is -2.24. The Labute approximate surface area is 85.4 Å². The molecule has 4 heteroatoms. The fourth-order valence-corrected chi connectivity index (χ4v) is 1.65. The molecule has 0 bridgehead atoms. The first kappa shape index (κ1) is 11.5. The van der Waals surface area contributed by atoms with Crippen molar-refractivity contribution in [1.82, 2.24) is 10.6 Å². The zero-order valence-electron chi connectivity index (χ0n) is 9.01. The molecular weight excluding hydrogens is 180 g/mol. The van der Waals surface area contributed by atoms with Crippen molar-refractivity contribution in [3.05, 3.63) is 0 Å². The topological polar surface area (TPSA) is 50.4 Å². The monoisotopic (exact) mass is 200 g/mol. The molecule has 1 aliphatic heterocycles. The van der Waals surface area contributed by atoms with Crippen LogP contribution in [0.15, 0.2) is 0 Å². The minimum atomic E-state index is 0.00283. The molecule has 1 heterocycles. The molecule has 0 aromatic carbocycles. The maximum absolute atomic E-state index is 11.4. The molecule has 14 heavy (non-hydrogen) atoms. The molecule has 1 aliphatic rings. The number of carbonyl (C=O) groups is 1. The van der Waals surface area contributed by atoms with Crippen LogP contribution in [0.1, 0.15) is 19.8 Å². The molecule has 0 saturated carbocycles. The number of methoxy groups -OCH3 is 1. The second-order valence-corrected chi connectivity index (χ2v) is 3.95. The van der Waals surface area contributed by atoms with Crippen molar-refractivity contribution in [2.45, 2.75) is 25.8 Å². The summed E-state index contributed by atoms with van der Waals surface area (Å²) >= 11 is 0. The van der Waals surface area contributed by atoms with Crippen LogP contribution in [-0.4, -0.2) is 38.8 Å². The summed E-state index contributed by atoms with van der Waals surface area (Å²) in [6, 6.07) is 0.00283. The van der Waals surface area contributed by atoms with Crippen LogP contribution < -0.4 is 10.6 Å². The fraction of sp³-hybridized carbons (Fsp3) is 0.900. The van der Waals surface area contributed by atoms with Crippen LogP contribution in [0.5, 0.6) is 0 Å². The van der Waals surface area contributed by atoms with Gasteiger partial charge in [0, 0.05) is 26.8 Å². The normalized spacial score (nSPS) is 24.4. The lowest BCUT2D eigenvalue weighted by atomic mass is 10.1. The third-order valence-electron chi connectivity index (χ3n) is 2.45. The van der Waals surface area contributed by atoms with Gasteiger partial charge in [-0.25, -0.2) is 0 Å². The number of amides is 1. The second-order valence-electron chi connectivity index (χ2n) is 3.95. The van der Waals surface area contributed by atoms with Crippen LogP contribution >= 0.6 is 0 Å². The summed E-state index contributed by atoms with van der Waals surface area (Å²) in [5.74, 6) is 0.593. The summed E-state index contributed by atoms with van der Waals surface area (Å²) in [5, 5.41) is 6.12. The molecule has 0 aromatic rings. The summed E-state index contributed by atoms with van der Waals surface area (Å²) in [7, 11) is 1.70. The van der Waals surface area contributed by atoms with Crippen LogP contribution in [-0.2, 0) is 9.53 Å². The third kappa shape index (κ3) is 3.64. The number of carbonyl (C=O) groups excluding carboxylic acids is 1. The van der Waals surface area contributed by atoms with E-state index >= 15 is 0 Å². The van der Waals surface area contributed by atoms with Crippen molar-refractivity contribution in [3.8, 4) is 0 Å². The van der Waals surface area contributed by atoms with Gasteiger partial charge >= 0.3 is 0 Å². The molecule has 1 saturated heterocycles. The molecule has 2 N–H and O–H groups in total. The molecule has 1 amide bonds. The number of hydrogen-bond donors (Lipinski definition) is 2. The summed E-state index contributed by atoms with van der Waals surface area (Å²) < 4.78 is 5.03. The fourth-order valence-electron chi connectivity index (χ4n) is 1.65. The minimum absolute atomic E-state index is 0.00283. The number of hydrogen-bond acceptors (Lipinski definition) is 3. The van der Waals surface area contributed by atoms with Crippen LogP contribution in [0.3, 0.4) is 0 Å². The Kier molecular flexibility index (Phi) is 4.90. The van der Waals surface area contributed by atoms with Gasteiger partial charge in [0.15, 0.2) is 0 Å². The number of piperidine rings is 1. The molecule has 0 spiro atoms. The summed E-state index contributed by atoms with van der Waals surface area (Å²) in [6.07, 6.45) is 2.02. The van der Waals surface area contributed by atoms with Gasteiger partial charge in [0.2, 0.25) is 5.91 Å². The first-order valence-corrected chi connectivity index (χ1v) is 5.24. The van der Waals surface area contributed by atoms with E-state index in [-0.39, 0.29) is 11.9 Å². The zero-order valence-corrected chi connectivity index (χ0v) is 9.01. The predicted octanol–water partition coefficient (Wildman–Crippen LogP) is 0.137. The van der Waals surface area contributed by atoms with Gasteiger partial charge in [-0.05, 0) is 18.8 Å². The van der Waals surface area contributed by atoms with Crippen LogP contribution in [0.25, 0.3) is 0 Å². The number of ether oxygens (including phenoxy) is 1. The average Bonchev–Trinajstić information content (AvgIpc) is 2.17. The van der Waals surface area contributed by atoms with E-state index < -0.39 is 0 Å². The standard InChI is InChI=1S/C10H20N2O2/c1-8(7-14-2)6-12-9-4-3-5-11-10(9)13/h8-9,12H,3-7H2,1-2H3,(H,11,13). The maximum Gasteiger partial charge on any atom is 0.237 e. The first-order chi connectivity index (χ1) is 6.74. The molecule has 0 radical (unpaired) electrons.